The van der Waals surface area contributed by atoms with Crippen molar-refractivity contribution in [2.45, 2.75) is 294 Å². The van der Waals surface area contributed by atoms with Crippen molar-refractivity contribution in [3.8, 4) is 0 Å². The number of carboxylic acids is 5. The number of aliphatic hydroxyl groups is 2. The largest absolute Gasteiger partial charge is 0.481 e. The van der Waals surface area contributed by atoms with Gasteiger partial charge in [0.1, 0.15) is 90.6 Å². The summed E-state index contributed by atoms with van der Waals surface area (Å²) in [5.41, 5.74) is 23.7. The first kappa shape index (κ1) is 120. The Morgan fingerprint density at radius 2 is 0.687 bits per heavy atom. The van der Waals surface area contributed by atoms with E-state index in [1.165, 1.54) is 25.6 Å². The average Bonchev–Trinajstić information content (AvgIpc) is 0.846. The summed E-state index contributed by atoms with van der Waals surface area (Å²) < 4.78 is 0. The second kappa shape index (κ2) is 64.9. The molecule has 0 saturated heterocycles. The average molecular weight is 1920 g/mol. The Labute approximate surface area is 781 Å². The van der Waals surface area contributed by atoms with E-state index in [4.69, 9.17) is 28.0 Å². The number of aliphatic carboxylic acids is 5. The van der Waals surface area contributed by atoms with Crippen LogP contribution in [0, 0.1) is 23.7 Å². The van der Waals surface area contributed by atoms with Gasteiger partial charge < -0.3 is 144 Å². The predicted octanol–water partition coefficient (Wildman–Crippen LogP) is -5.96. The number of carbonyl (C=O) groups is 21. The molecule has 756 valence electrons. The molecule has 31 N–H and O–H groups in total. The molecule has 48 nitrogen and oxygen atoms in total. The zero-order chi connectivity index (χ0) is 102. The van der Waals surface area contributed by atoms with E-state index < -0.39 is 303 Å². The first-order valence-corrected chi connectivity index (χ1v) is 46.1. The highest BCUT2D eigenvalue weighted by atomic mass is 32.2. The summed E-state index contributed by atoms with van der Waals surface area (Å²) in [4.78, 5) is 284. The number of nitrogens with one attached hydrogen (secondary N) is 16. The number of carbonyl (C=O) groups excluding carboxylic acids is 16. The number of hydrogen-bond donors (Lipinski definition) is 27. The summed E-state index contributed by atoms with van der Waals surface area (Å²) in [7, 11) is 0. The Hall–Kier alpha value is -11.8. The zero-order valence-corrected chi connectivity index (χ0v) is 78.5. The van der Waals surface area contributed by atoms with Crippen molar-refractivity contribution in [2.75, 3.05) is 51.4 Å². The highest BCUT2D eigenvalue weighted by Gasteiger charge is 2.41. The van der Waals surface area contributed by atoms with Crippen molar-refractivity contribution in [1.29, 1.82) is 0 Å². The minimum atomic E-state index is -2.01. The summed E-state index contributed by atoms with van der Waals surface area (Å²) in [6.07, 6.45) is -2.42. The van der Waals surface area contributed by atoms with Crippen LogP contribution in [-0.2, 0) is 107 Å². The van der Waals surface area contributed by atoms with Crippen molar-refractivity contribution >= 4 is 136 Å². The smallest absolute Gasteiger partial charge is 0.326 e. The summed E-state index contributed by atoms with van der Waals surface area (Å²) in [5, 5.41) is 108. The third kappa shape index (κ3) is 46.7. The highest BCUT2D eigenvalue weighted by Crippen LogP contribution is 2.18. The lowest BCUT2D eigenvalue weighted by Crippen LogP contribution is -2.62. The van der Waals surface area contributed by atoms with Gasteiger partial charge in [-0.05, 0) is 158 Å². The van der Waals surface area contributed by atoms with Crippen LogP contribution in [0.25, 0.3) is 0 Å². The van der Waals surface area contributed by atoms with E-state index in [-0.39, 0.29) is 103 Å². The molecule has 0 heterocycles. The molecule has 1 aromatic carbocycles. The number of unbranched alkanes of at least 4 members (excludes halogenated alkanes) is 3. The minimum absolute atomic E-state index is 0.0879. The first-order chi connectivity index (χ1) is 63.2. The lowest BCUT2D eigenvalue weighted by molar-refractivity contribution is -0.144. The van der Waals surface area contributed by atoms with Crippen molar-refractivity contribution in [1.82, 2.24) is 85.1 Å². The van der Waals surface area contributed by atoms with E-state index in [0.29, 0.717) is 24.2 Å². The molecule has 16 amide bonds. The standard InChI is InChI=1S/C85H142N20O28S/c1-11-46(7)68(104-79(126)57(38-44(3)4)99-78(125)59(40-66(115)116)98-70(117)48(9)91-82(129)67(45(5)6)103-62(108)41-90-71(118)50(89)33-37-134-10)83(130)96-53(26-18-21-36-88)73(120)92-52(25-17-20-35-87)74(121)100-58(39-49-22-14-13-15-23-49)77(124)95-55(28-31-64(111)112)76(123)101-61(43-107)81(128)105-69(47(8)12-2)84(131)102-60(42-106)80(127)93-51(24-16-19-34-86)72(119)94-54(27-30-63(109)110)75(122)97-56(85(132)133)29-32-65(113)114/h13-15,22-23,44-48,50-61,67-69,106-107H,11-12,16-21,24-43,86-89H2,1-10H3,(H,90,118)(H,91,129)(H,92,120)(H,93,127)(H,94,119)(H,95,124)(H,96,130)(H,97,122)(H,98,117)(H,99,125)(H,100,121)(H,101,123)(H,102,131)(H,103,108)(H,104,126)(H,105,128)(H,109,110)(H,111,112)(H,113,114)(H,115,116)(H,132,133)/t46-,47-,48-,50-,51-,52-,53-,54-,55-,56-,57-,58-,59-,60-,61-,67-,68-,69-/m0/s1. The van der Waals surface area contributed by atoms with Crippen molar-refractivity contribution in [2.24, 2.45) is 46.6 Å². The van der Waals surface area contributed by atoms with Gasteiger partial charge in [0.15, 0.2) is 0 Å². The van der Waals surface area contributed by atoms with Crippen LogP contribution in [0.2, 0.25) is 0 Å². The maximum atomic E-state index is 14.9. The number of aliphatic hydroxyl groups excluding tert-OH is 2. The number of nitrogens with two attached hydrogens (primary N) is 4. The molecule has 134 heavy (non-hydrogen) atoms. The summed E-state index contributed by atoms with van der Waals surface area (Å²) in [5.74, 6) is -26.3. The maximum absolute atomic E-state index is 14.9. The molecular weight excluding hydrogens is 1780 g/mol. The highest BCUT2D eigenvalue weighted by molar-refractivity contribution is 7.98. The predicted molar refractivity (Wildman–Crippen MR) is 485 cm³/mol. The summed E-state index contributed by atoms with van der Waals surface area (Å²) >= 11 is 1.47. The quantitative estimate of drug-likeness (QED) is 0.0270. The van der Waals surface area contributed by atoms with Crippen LogP contribution in [0.3, 0.4) is 0 Å². The number of thioether (sulfide) groups is 1. The molecule has 1 rings (SSSR count). The van der Waals surface area contributed by atoms with Gasteiger partial charge in [0.25, 0.3) is 0 Å². The van der Waals surface area contributed by atoms with Gasteiger partial charge >= 0.3 is 29.8 Å². The molecule has 0 spiro atoms. The Bertz CT molecular complexity index is 4040. The van der Waals surface area contributed by atoms with Crippen LogP contribution in [0.4, 0.5) is 0 Å². The summed E-state index contributed by atoms with van der Waals surface area (Å²) in [6, 6.07) is -18.0. The molecule has 0 aliphatic rings. The van der Waals surface area contributed by atoms with Crippen molar-refractivity contribution in [3.05, 3.63) is 35.9 Å². The maximum Gasteiger partial charge on any atom is 0.326 e. The fourth-order valence-corrected chi connectivity index (χ4v) is 13.6. The van der Waals surface area contributed by atoms with E-state index in [9.17, 15) is 131 Å². The lowest BCUT2D eigenvalue weighted by Gasteiger charge is -2.30. The molecule has 0 fully saturated rings. The molecule has 0 aliphatic carbocycles. The van der Waals surface area contributed by atoms with E-state index in [2.05, 4.69) is 85.1 Å². The van der Waals surface area contributed by atoms with Crippen LogP contribution in [-0.4, -0.2) is 308 Å². The number of amides is 16. The molecule has 49 heteroatoms. The molecule has 0 saturated carbocycles. The van der Waals surface area contributed by atoms with Gasteiger partial charge in [-0.25, -0.2) is 4.79 Å². The van der Waals surface area contributed by atoms with Crippen molar-refractivity contribution < 1.29 is 136 Å². The van der Waals surface area contributed by atoms with Crippen LogP contribution < -0.4 is 108 Å². The number of carboxylic acid groups (broad SMARTS) is 5. The number of benzene rings is 1. The van der Waals surface area contributed by atoms with Crippen LogP contribution >= 0.6 is 11.8 Å². The molecule has 0 aromatic heterocycles. The minimum Gasteiger partial charge on any atom is -0.481 e. The van der Waals surface area contributed by atoms with E-state index in [1.54, 1.807) is 78.8 Å². The van der Waals surface area contributed by atoms with E-state index in [0.717, 1.165) is 0 Å². The molecule has 0 radical (unpaired) electrons. The van der Waals surface area contributed by atoms with Crippen LogP contribution in [0.1, 0.15) is 196 Å². The van der Waals surface area contributed by atoms with Gasteiger partial charge in [-0.2, -0.15) is 11.8 Å². The molecule has 0 aliphatic heterocycles. The third-order valence-corrected chi connectivity index (χ3v) is 22.1. The van der Waals surface area contributed by atoms with Gasteiger partial charge in [-0.15, -0.1) is 0 Å². The zero-order valence-electron chi connectivity index (χ0n) is 77.7. The van der Waals surface area contributed by atoms with E-state index in [1.807, 2.05) is 6.26 Å². The van der Waals surface area contributed by atoms with Crippen LogP contribution in [0.15, 0.2) is 30.3 Å². The first-order valence-electron chi connectivity index (χ1n) is 44.7. The topological polar surface area (TPSA) is 797 Å². The Morgan fingerprint density at radius 3 is 1.07 bits per heavy atom. The monoisotopic (exact) mass is 1920 g/mol. The number of rotatable bonds is 70. The molecule has 0 bridgehead atoms. The molecule has 18 atom stereocenters. The summed E-state index contributed by atoms with van der Waals surface area (Å²) in [6.45, 7) is 11.5. The fraction of sp³-hybridized carbons (Fsp3) is 0.682. The third-order valence-electron chi connectivity index (χ3n) is 21.5. The Morgan fingerprint density at radius 1 is 0.351 bits per heavy atom. The molecule has 1 aromatic rings. The van der Waals surface area contributed by atoms with E-state index >= 15 is 0 Å². The Kier molecular flexibility index (Phi) is 58.3. The Balaban J connectivity index is 3.74. The molecule has 0 unspecified atom stereocenters. The van der Waals surface area contributed by atoms with Gasteiger partial charge in [0.05, 0.1) is 32.2 Å². The van der Waals surface area contributed by atoms with Crippen molar-refractivity contribution in [3.63, 3.8) is 0 Å². The van der Waals surface area contributed by atoms with Gasteiger partial charge in [0.2, 0.25) is 94.5 Å². The van der Waals surface area contributed by atoms with Crippen LogP contribution in [0.5, 0.6) is 0 Å². The number of hydrogen-bond acceptors (Lipinski definition) is 28. The normalized spacial score (nSPS) is 15.2. The second-order valence-corrected chi connectivity index (χ2v) is 34.3. The molecular formula is C85H142N20O28S. The lowest BCUT2D eigenvalue weighted by atomic mass is 9.96. The SMILES string of the molecule is CC[C@H](C)[C@H](NC(=O)[C@H](CC(C)C)NC(=O)[C@H](CC(=O)O)NC(=O)[C@H](C)NC(=O)[C@@H](NC(=O)CNC(=O)[C@@H](N)CCSC)C(C)C)C(=O)N[C@@H](CCCCN)C(=O)N[C@@H](CCCCN)C(=O)N[C@@H](Cc1ccccc1)C(=O)N[C@@H](CCC(=O)O)C(=O)N[C@@H](CO)C(=O)N[C@H](C(=O)N[C@@H](CO)C(=O)N[C@@H](CCCCN)C(=O)N[C@@H](CCC(=O)O)C(=O)N[C@@H](CCC(=O)O)C(=O)O)[C@@H](C)CC. The fourth-order valence-electron chi connectivity index (χ4n) is 13.1. The van der Waals surface area contributed by atoms with Gasteiger partial charge in [-0.1, -0.05) is 98.6 Å². The second-order valence-electron chi connectivity index (χ2n) is 33.3. The van der Waals surface area contributed by atoms with Gasteiger partial charge in [0, 0.05) is 25.7 Å². The van der Waals surface area contributed by atoms with Gasteiger partial charge in [-0.3, -0.25) is 95.9 Å².